The van der Waals surface area contributed by atoms with Crippen molar-refractivity contribution in [1.82, 2.24) is 25.2 Å². The second-order valence-electron chi connectivity index (χ2n) is 7.43. The molecule has 1 unspecified atom stereocenters. The highest BCUT2D eigenvalue weighted by atomic mass is 16.2. The van der Waals surface area contributed by atoms with Crippen LogP contribution in [0.25, 0.3) is 0 Å². The molecule has 1 N–H and O–H groups in total. The highest BCUT2D eigenvalue weighted by Gasteiger charge is 2.26. The lowest BCUT2D eigenvalue weighted by molar-refractivity contribution is -0.132. The molecule has 2 heterocycles. The van der Waals surface area contributed by atoms with Crippen molar-refractivity contribution in [3.05, 3.63) is 11.9 Å². The molecule has 1 aromatic heterocycles. The number of carbonyl (C=O) groups is 2. The number of aryl methyl sites for hydroxylation is 2. The van der Waals surface area contributed by atoms with E-state index >= 15 is 0 Å². The minimum atomic E-state index is 0.162. The predicted molar refractivity (Wildman–Crippen MR) is 100 cm³/mol. The third-order valence-electron chi connectivity index (χ3n) is 5.32. The molecule has 26 heavy (non-hydrogen) atoms. The Kier molecular flexibility index (Phi) is 8.06. The number of nitrogens with one attached hydrogen (secondary N) is 1. The molecule has 1 aliphatic rings. The van der Waals surface area contributed by atoms with Crippen LogP contribution in [0.2, 0.25) is 0 Å². The van der Waals surface area contributed by atoms with Crippen LogP contribution in [-0.2, 0) is 23.1 Å². The van der Waals surface area contributed by atoms with Crippen LogP contribution in [0.1, 0.15) is 58.1 Å². The molecule has 1 fully saturated rings. The molecule has 0 radical (unpaired) electrons. The molecule has 2 rings (SSSR count). The van der Waals surface area contributed by atoms with Crippen LogP contribution in [-0.4, -0.2) is 51.3 Å². The fourth-order valence-corrected chi connectivity index (χ4v) is 3.48. The number of unbranched alkanes of at least 4 members (excludes halogenated alkanes) is 1. The fraction of sp³-hybridized carbons (Fsp3) is 0.789. The van der Waals surface area contributed by atoms with E-state index in [9.17, 15) is 9.59 Å². The summed E-state index contributed by atoms with van der Waals surface area (Å²) in [5, 5.41) is 11.3. The normalized spacial score (nSPS) is 16.5. The Morgan fingerprint density at radius 3 is 2.65 bits per heavy atom. The molecular formula is C19H33N5O2. The molecule has 7 nitrogen and oxygen atoms in total. The number of amides is 2. The van der Waals surface area contributed by atoms with E-state index in [-0.39, 0.29) is 11.8 Å². The van der Waals surface area contributed by atoms with Gasteiger partial charge in [-0.25, -0.2) is 0 Å². The second-order valence-corrected chi connectivity index (χ2v) is 7.43. The third kappa shape index (κ3) is 6.42. The van der Waals surface area contributed by atoms with E-state index in [1.165, 1.54) is 4.80 Å². The van der Waals surface area contributed by atoms with Gasteiger partial charge in [0.05, 0.1) is 11.9 Å². The Bertz CT molecular complexity index is 578. The van der Waals surface area contributed by atoms with Crippen molar-refractivity contribution < 1.29 is 9.59 Å². The minimum Gasteiger partial charge on any atom is -0.356 e. The number of piperidine rings is 1. The molecular weight excluding hydrogens is 330 g/mol. The minimum absolute atomic E-state index is 0.162. The van der Waals surface area contributed by atoms with E-state index < -0.39 is 0 Å². The molecule has 0 aliphatic carbocycles. The van der Waals surface area contributed by atoms with E-state index in [0.717, 1.165) is 51.0 Å². The van der Waals surface area contributed by atoms with Crippen molar-refractivity contribution in [1.29, 1.82) is 0 Å². The summed E-state index contributed by atoms with van der Waals surface area (Å²) in [5.41, 5.74) is 0.864. The zero-order valence-corrected chi connectivity index (χ0v) is 16.4. The van der Waals surface area contributed by atoms with Gasteiger partial charge in [0, 0.05) is 45.9 Å². The van der Waals surface area contributed by atoms with Gasteiger partial charge in [-0.3, -0.25) is 9.59 Å². The van der Waals surface area contributed by atoms with Gasteiger partial charge in [-0.05, 0) is 31.1 Å². The number of hydrogen-bond donors (Lipinski definition) is 1. The largest absolute Gasteiger partial charge is 0.356 e. The van der Waals surface area contributed by atoms with Gasteiger partial charge in [-0.1, -0.05) is 20.3 Å². The number of nitrogens with zero attached hydrogens (tertiary/aromatic N) is 4. The van der Waals surface area contributed by atoms with Crippen LogP contribution in [0.4, 0.5) is 0 Å². The summed E-state index contributed by atoms with van der Waals surface area (Å²) in [6.07, 6.45) is 7.52. The summed E-state index contributed by atoms with van der Waals surface area (Å²) >= 11 is 0. The highest BCUT2D eigenvalue weighted by Crippen LogP contribution is 2.25. The van der Waals surface area contributed by atoms with Crippen LogP contribution in [0.3, 0.4) is 0 Å². The van der Waals surface area contributed by atoms with Gasteiger partial charge >= 0.3 is 0 Å². The molecule has 0 saturated carbocycles. The summed E-state index contributed by atoms with van der Waals surface area (Å²) < 4.78 is 0. The van der Waals surface area contributed by atoms with Crippen molar-refractivity contribution in [3.8, 4) is 0 Å². The number of carbonyl (C=O) groups excluding carboxylic acids is 2. The van der Waals surface area contributed by atoms with Gasteiger partial charge in [-0.2, -0.15) is 15.0 Å². The molecule has 2 amide bonds. The first-order chi connectivity index (χ1) is 12.5. The van der Waals surface area contributed by atoms with Gasteiger partial charge in [-0.15, -0.1) is 0 Å². The van der Waals surface area contributed by atoms with Crippen LogP contribution >= 0.6 is 0 Å². The van der Waals surface area contributed by atoms with Crippen molar-refractivity contribution in [2.75, 3.05) is 19.6 Å². The number of aromatic nitrogens is 3. The maximum absolute atomic E-state index is 12.4. The number of hydrogen-bond acceptors (Lipinski definition) is 4. The van der Waals surface area contributed by atoms with Crippen molar-refractivity contribution in [2.24, 2.45) is 18.9 Å². The summed E-state index contributed by atoms with van der Waals surface area (Å²) in [6.45, 7) is 6.68. The first-order valence-electron chi connectivity index (χ1n) is 9.89. The van der Waals surface area contributed by atoms with E-state index in [1.807, 2.05) is 4.90 Å². The Morgan fingerprint density at radius 1 is 1.31 bits per heavy atom. The van der Waals surface area contributed by atoms with Gasteiger partial charge in [0.25, 0.3) is 0 Å². The monoisotopic (exact) mass is 363 g/mol. The first kappa shape index (κ1) is 20.4. The summed E-state index contributed by atoms with van der Waals surface area (Å²) in [5.74, 6) is 1.40. The molecule has 7 heteroatoms. The summed E-state index contributed by atoms with van der Waals surface area (Å²) in [7, 11) is 1.78. The standard InChI is InChI=1S/C19H33N5O2/c1-4-5-6-18(25)20-13-15(2)16-9-11-24(12-10-16)19(26)8-7-17-14-21-23(3)22-17/h14-16H,4-13H2,1-3H3,(H,20,25). The maximum Gasteiger partial charge on any atom is 0.222 e. The molecule has 0 aromatic carbocycles. The van der Waals surface area contributed by atoms with Crippen LogP contribution < -0.4 is 5.32 Å². The SMILES string of the molecule is CCCCC(=O)NCC(C)C1CCN(C(=O)CCc2cnn(C)n2)CC1. The van der Waals surface area contributed by atoms with E-state index in [4.69, 9.17) is 0 Å². The van der Waals surface area contributed by atoms with Gasteiger partial charge in [0.1, 0.15) is 0 Å². The average molecular weight is 364 g/mol. The highest BCUT2D eigenvalue weighted by molar-refractivity contribution is 5.76. The van der Waals surface area contributed by atoms with Crippen LogP contribution in [0, 0.1) is 11.8 Å². The molecule has 1 atom stereocenters. The zero-order chi connectivity index (χ0) is 18.9. The molecule has 146 valence electrons. The van der Waals surface area contributed by atoms with E-state index in [1.54, 1.807) is 13.2 Å². The Hall–Kier alpha value is -1.92. The smallest absolute Gasteiger partial charge is 0.222 e. The Labute approximate surface area is 156 Å². The first-order valence-corrected chi connectivity index (χ1v) is 9.89. The van der Waals surface area contributed by atoms with Crippen LogP contribution in [0.15, 0.2) is 6.20 Å². The molecule has 1 aromatic rings. The second kappa shape index (κ2) is 10.3. The lowest BCUT2D eigenvalue weighted by atomic mass is 9.85. The van der Waals surface area contributed by atoms with Crippen molar-refractivity contribution >= 4 is 11.8 Å². The maximum atomic E-state index is 12.4. The van der Waals surface area contributed by atoms with Crippen molar-refractivity contribution in [3.63, 3.8) is 0 Å². The lowest BCUT2D eigenvalue weighted by Crippen LogP contribution is -2.41. The predicted octanol–water partition coefficient (Wildman–Crippen LogP) is 1.93. The van der Waals surface area contributed by atoms with Crippen molar-refractivity contribution in [2.45, 2.75) is 58.8 Å². The summed E-state index contributed by atoms with van der Waals surface area (Å²) in [6, 6.07) is 0. The third-order valence-corrected chi connectivity index (χ3v) is 5.32. The molecule has 1 saturated heterocycles. The summed E-state index contributed by atoms with van der Waals surface area (Å²) in [4.78, 5) is 27.6. The molecule has 0 bridgehead atoms. The van der Waals surface area contributed by atoms with Gasteiger partial charge in [0.15, 0.2) is 0 Å². The lowest BCUT2D eigenvalue weighted by Gasteiger charge is -2.35. The fourth-order valence-electron chi connectivity index (χ4n) is 3.48. The number of likely N-dealkylation sites (tertiary alicyclic amines) is 1. The zero-order valence-electron chi connectivity index (χ0n) is 16.4. The Morgan fingerprint density at radius 2 is 2.04 bits per heavy atom. The van der Waals surface area contributed by atoms with Gasteiger partial charge < -0.3 is 10.2 Å². The molecule has 0 spiro atoms. The Balaban J connectivity index is 1.65. The average Bonchev–Trinajstić information content (AvgIpc) is 3.07. The quantitative estimate of drug-likeness (QED) is 0.727. The van der Waals surface area contributed by atoms with E-state index in [0.29, 0.717) is 31.1 Å². The molecule has 1 aliphatic heterocycles. The van der Waals surface area contributed by atoms with Gasteiger partial charge in [0.2, 0.25) is 11.8 Å². The number of rotatable bonds is 9. The topological polar surface area (TPSA) is 80.1 Å². The van der Waals surface area contributed by atoms with E-state index in [2.05, 4.69) is 29.4 Å². The van der Waals surface area contributed by atoms with Crippen LogP contribution in [0.5, 0.6) is 0 Å².